The zero-order chi connectivity index (χ0) is 13.6. The zero-order valence-corrected chi connectivity index (χ0v) is 11.7. The number of nitrogens with zero attached hydrogens (tertiary/aromatic N) is 1. The molecule has 0 aliphatic heterocycles. The monoisotopic (exact) mass is 258 g/mol. The van der Waals surface area contributed by atoms with Crippen LogP contribution >= 0.6 is 0 Å². The van der Waals surface area contributed by atoms with Gasteiger partial charge < -0.3 is 20.1 Å². The van der Waals surface area contributed by atoms with E-state index in [0.717, 1.165) is 32.2 Å². The Morgan fingerprint density at radius 1 is 1.50 bits per heavy atom. The fraction of sp³-hybridized carbons (Fsp3) is 0.923. The van der Waals surface area contributed by atoms with Gasteiger partial charge in [0.05, 0.1) is 6.61 Å². The van der Waals surface area contributed by atoms with E-state index in [1.165, 1.54) is 12.8 Å². The Bertz CT molecular complexity index is 269. The van der Waals surface area contributed by atoms with Crippen LogP contribution in [0.5, 0.6) is 0 Å². The summed E-state index contributed by atoms with van der Waals surface area (Å²) in [6, 6.07) is 0. The molecule has 5 heteroatoms. The molecule has 0 amide bonds. The maximum absolute atomic E-state index is 11.1. The first-order chi connectivity index (χ1) is 8.48. The fourth-order valence-corrected chi connectivity index (χ4v) is 1.62. The van der Waals surface area contributed by atoms with Gasteiger partial charge in [0.15, 0.2) is 0 Å². The minimum atomic E-state index is -0.844. The molecule has 0 aromatic carbocycles. The van der Waals surface area contributed by atoms with Crippen molar-refractivity contribution in [2.75, 3.05) is 40.4 Å². The molecule has 5 nitrogen and oxygen atoms in total. The molecule has 1 aliphatic carbocycles. The Kier molecular flexibility index (Phi) is 6.05. The summed E-state index contributed by atoms with van der Waals surface area (Å²) >= 11 is 0. The Morgan fingerprint density at radius 3 is 2.67 bits per heavy atom. The quantitative estimate of drug-likeness (QED) is 0.568. The Labute approximate surface area is 109 Å². The van der Waals surface area contributed by atoms with Gasteiger partial charge >= 0.3 is 5.97 Å². The Morgan fingerprint density at radius 2 is 2.17 bits per heavy atom. The van der Waals surface area contributed by atoms with Crippen molar-refractivity contribution in [2.45, 2.75) is 31.7 Å². The number of carbonyl (C=O) groups is 1. The minimum absolute atomic E-state index is 0.581. The average Bonchev–Trinajstić information content (AvgIpc) is 3.15. The summed E-state index contributed by atoms with van der Waals surface area (Å²) in [5.74, 6) is -0.00159. The van der Waals surface area contributed by atoms with Gasteiger partial charge in [0.1, 0.15) is 5.54 Å². The molecule has 18 heavy (non-hydrogen) atoms. The molecule has 1 unspecified atom stereocenters. The standard InChI is InChI=1S/C13H26N2O3/c1-13(14-2,12(16)17)6-7-15(3)8-9-18-10-11-4-5-11/h11,14H,4-10H2,1-3H3,(H,16,17). The second-order valence-corrected chi connectivity index (χ2v) is 5.46. The van der Waals surface area contributed by atoms with Crippen LogP contribution in [0, 0.1) is 5.92 Å². The second-order valence-electron chi connectivity index (χ2n) is 5.46. The normalized spacial score (nSPS) is 18.9. The highest BCUT2D eigenvalue weighted by molar-refractivity contribution is 5.78. The number of hydrogen-bond acceptors (Lipinski definition) is 4. The lowest BCUT2D eigenvalue weighted by molar-refractivity contribution is -0.144. The van der Waals surface area contributed by atoms with Crippen molar-refractivity contribution in [3.63, 3.8) is 0 Å². The van der Waals surface area contributed by atoms with Crippen LogP contribution < -0.4 is 5.32 Å². The lowest BCUT2D eigenvalue weighted by atomic mass is 9.98. The molecule has 1 atom stereocenters. The van der Waals surface area contributed by atoms with Gasteiger partial charge in [-0.1, -0.05) is 0 Å². The zero-order valence-electron chi connectivity index (χ0n) is 11.7. The summed E-state index contributed by atoms with van der Waals surface area (Å²) in [5.41, 5.74) is -0.844. The van der Waals surface area contributed by atoms with Crippen molar-refractivity contribution in [3.05, 3.63) is 0 Å². The Balaban J connectivity index is 2.10. The fourth-order valence-electron chi connectivity index (χ4n) is 1.62. The van der Waals surface area contributed by atoms with Crippen molar-refractivity contribution in [1.29, 1.82) is 0 Å². The average molecular weight is 258 g/mol. The van der Waals surface area contributed by atoms with Crippen molar-refractivity contribution in [1.82, 2.24) is 10.2 Å². The maximum atomic E-state index is 11.1. The first-order valence-electron chi connectivity index (χ1n) is 6.66. The third kappa shape index (κ3) is 5.33. The summed E-state index contributed by atoms with van der Waals surface area (Å²) in [6.45, 7) is 4.93. The summed E-state index contributed by atoms with van der Waals surface area (Å²) < 4.78 is 5.56. The molecule has 1 fully saturated rings. The van der Waals surface area contributed by atoms with Gasteiger partial charge in [-0.3, -0.25) is 4.79 Å². The van der Waals surface area contributed by atoms with E-state index in [0.29, 0.717) is 6.42 Å². The molecule has 0 aromatic heterocycles. The third-order valence-corrected chi connectivity index (χ3v) is 3.69. The van der Waals surface area contributed by atoms with Crippen LogP contribution in [0.2, 0.25) is 0 Å². The van der Waals surface area contributed by atoms with Crippen LogP contribution in [-0.2, 0) is 9.53 Å². The van der Waals surface area contributed by atoms with Gasteiger partial charge in [0, 0.05) is 19.7 Å². The van der Waals surface area contributed by atoms with Gasteiger partial charge in [0.2, 0.25) is 0 Å². The Hall–Kier alpha value is -0.650. The van der Waals surface area contributed by atoms with E-state index in [9.17, 15) is 4.79 Å². The number of likely N-dealkylation sites (N-methyl/N-ethyl adjacent to an activating group) is 2. The topological polar surface area (TPSA) is 61.8 Å². The lowest BCUT2D eigenvalue weighted by Crippen LogP contribution is -2.49. The number of carboxylic acid groups (broad SMARTS) is 1. The summed E-state index contributed by atoms with van der Waals surface area (Å²) in [5, 5.41) is 12.0. The van der Waals surface area contributed by atoms with Crippen LogP contribution in [0.3, 0.4) is 0 Å². The van der Waals surface area contributed by atoms with Crippen LogP contribution in [0.25, 0.3) is 0 Å². The molecule has 0 heterocycles. The van der Waals surface area contributed by atoms with E-state index in [-0.39, 0.29) is 0 Å². The molecule has 0 radical (unpaired) electrons. The molecule has 0 saturated heterocycles. The molecule has 1 saturated carbocycles. The lowest BCUT2D eigenvalue weighted by Gasteiger charge is -2.27. The minimum Gasteiger partial charge on any atom is -0.480 e. The van der Waals surface area contributed by atoms with Gasteiger partial charge in [-0.25, -0.2) is 0 Å². The van der Waals surface area contributed by atoms with Crippen molar-refractivity contribution in [2.24, 2.45) is 5.92 Å². The van der Waals surface area contributed by atoms with E-state index in [1.807, 2.05) is 7.05 Å². The number of carboxylic acids is 1. The summed E-state index contributed by atoms with van der Waals surface area (Å²) in [7, 11) is 3.69. The third-order valence-electron chi connectivity index (χ3n) is 3.69. The second kappa shape index (κ2) is 7.07. The number of hydrogen-bond donors (Lipinski definition) is 2. The predicted octanol–water partition coefficient (Wildman–Crippen LogP) is 0.798. The number of nitrogens with one attached hydrogen (secondary N) is 1. The molecule has 1 rings (SSSR count). The number of aliphatic carboxylic acids is 1. The molecular formula is C13H26N2O3. The van der Waals surface area contributed by atoms with Gasteiger partial charge in [-0.2, -0.15) is 0 Å². The van der Waals surface area contributed by atoms with E-state index in [2.05, 4.69) is 10.2 Å². The van der Waals surface area contributed by atoms with Crippen molar-refractivity contribution >= 4 is 5.97 Å². The molecule has 2 N–H and O–H groups in total. The molecule has 1 aliphatic rings. The highest BCUT2D eigenvalue weighted by Crippen LogP contribution is 2.28. The summed E-state index contributed by atoms with van der Waals surface area (Å²) in [4.78, 5) is 13.2. The predicted molar refractivity (Wildman–Crippen MR) is 70.8 cm³/mol. The maximum Gasteiger partial charge on any atom is 0.323 e. The first kappa shape index (κ1) is 15.4. The number of rotatable bonds is 10. The van der Waals surface area contributed by atoms with Crippen molar-refractivity contribution < 1.29 is 14.6 Å². The molecule has 106 valence electrons. The van der Waals surface area contributed by atoms with Crippen LogP contribution in [0.15, 0.2) is 0 Å². The van der Waals surface area contributed by atoms with Gasteiger partial charge in [0.25, 0.3) is 0 Å². The van der Waals surface area contributed by atoms with E-state index < -0.39 is 11.5 Å². The SMILES string of the molecule is CNC(C)(CCN(C)CCOCC1CC1)C(=O)O. The highest BCUT2D eigenvalue weighted by atomic mass is 16.5. The largest absolute Gasteiger partial charge is 0.480 e. The molecule has 0 spiro atoms. The van der Waals surface area contributed by atoms with E-state index in [1.54, 1.807) is 14.0 Å². The van der Waals surface area contributed by atoms with Crippen molar-refractivity contribution in [3.8, 4) is 0 Å². The van der Waals surface area contributed by atoms with Gasteiger partial charge in [-0.05, 0) is 46.2 Å². The van der Waals surface area contributed by atoms with E-state index >= 15 is 0 Å². The van der Waals surface area contributed by atoms with Crippen LogP contribution in [0.1, 0.15) is 26.2 Å². The van der Waals surface area contributed by atoms with E-state index in [4.69, 9.17) is 9.84 Å². The molecule has 0 aromatic rings. The molecular weight excluding hydrogens is 232 g/mol. The molecule has 0 bridgehead atoms. The first-order valence-corrected chi connectivity index (χ1v) is 6.66. The van der Waals surface area contributed by atoms with Crippen LogP contribution in [0.4, 0.5) is 0 Å². The highest BCUT2D eigenvalue weighted by Gasteiger charge is 2.30. The van der Waals surface area contributed by atoms with Crippen LogP contribution in [-0.4, -0.2) is 61.9 Å². The van der Waals surface area contributed by atoms with Gasteiger partial charge in [-0.15, -0.1) is 0 Å². The smallest absolute Gasteiger partial charge is 0.323 e. The summed E-state index contributed by atoms with van der Waals surface area (Å²) in [6.07, 6.45) is 3.21. The number of ether oxygens (including phenoxy) is 1.